The molecule has 0 heterocycles. The first kappa shape index (κ1) is 24.4. The van der Waals surface area contributed by atoms with E-state index in [0.717, 1.165) is 4.31 Å². The Morgan fingerprint density at radius 1 is 1.16 bits per heavy atom. The van der Waals surface area contributed by atoms with E-state index in [0.29, 0.717) is 18.8 Å². The van der Waals surface area contributed by atoms with Gasteiger partial charge < -0.3 is 15.4 Å². The van der Waals surface area contributed by atoms with E-state index in [1.165, 1.54) is 31.4 Å². The second-order valence-electron chi connectivity index (χ2n) is 6.33. The summed E-state index contributed by atoms with van der Waals surface area (Å²) in [5.74, 6) is -1.00. The van der Waals surface area contributed by atoms with E-state index in [-0.39, 0.29) is 28.6 Å². The molecule has 0 spiro atoms. The molecule has 0 bridgehead atoms. The van der Waals surface area contributed by atoms with Crippen molar-refractivity contribution in [3.63, 3.8) is 0 Å². The Bertz CT molecular complexity index is 1030. The Labute approximate surface area is 186 Å². The third kappa shape index (κ3) is 6.55. The maximum Gasteiger partial charge on any atom is 0.266 e. The Balaban J connectivity index is 2.25. The first-order valence-electron chi connectivity index (χ1n) is 9.33. The van der Waals surface area contributed by atoms with Crippen LogP contribution in [-0.4, -0.2) is 53.6 Å². The second kappa shape index (κ2) is 11.5. The third-order valence-corrected chi connectivity index (χ3v) is 6.41. The number of anilines is 1. The number of ether oxygens (including phenoxy) is 1. The first-order valence-corrected chi connectivity index (χ1v) is 11.1. The number of nitrogens with zero attached hydrogens (tertiary/aromatic N) is 1. The van der Waals surface area contributed by atoms with Gasteiger partial charge in [-0.2, -0.15) is 0 Å². The SMILES string of the molecule is C=CCN(c1ccccc1)S(=O)(=O)c1cc(C(=O)NCC(=O)NCCOC)ccc1Cl. The molecule has 31 heavy (non-hydrogen) atoms. The summed E-state index contributed by atoms with van der Waals surface area (Å²) < 4.78 is 32.6. The largest absolute Gasteiger partial charge is 0.383 e. The first-order chi connectivity index (χ1) is 14.8. The monoisotopic (exact) mass is 465 g/mol. The van der Waals surface area contributed by atoms with Gasteiger partial charge in [0.15, 0.2) is 0 Å². The van der Waals surface area contributed by atoms with E-state index in [1.807, 2.05) is 0 Å². The van der Waals surface area contributed by atoms with Gasteiger partial charge in [0.2, 0.25) is 5.91 Å². The number of para-hydroxylation sites is 1. The number of carbonyl (C=O) groups excluding carboxylic acids is 2. The molecule has 0 unspecified atom stereocenters. The lowest BCUT2D eigenvalue weighted by atomic mass is 10.2. The number of halogens is 1. The number of hydrogen-bond acceptors (Lipinski definition) is 5. The van der Waals surface area contributed by atoms with E-state index < -0.39 is 21.8 Å². The molecular formula is C21H24ClN3O5S. The molecule has 0 aromatic heterocycles. The molecule has 2 aromatic rings. The van der Waals surface area contributed by atoms with Gasteiger partial charge in [-0.25, -0.2) is 8.42 Å². The fourth-order valence-electron chi connectivity index (χ4n) is 2.63. The molecule has 0 saturated carbocycles. The molecule has 0 aliphatic rings. The van der Waals surface area contributed by atoms with Gasteiger partial charge in [-0.05, 0) is 30.3 Å². The number of hydrogen-bond donors (Lipinski definition) is 2. The zero-order chi connectivity index (χ0) is 22.9. The molecule has 10 heteroatoms. The summed E-state index contributed by atoms with van der Waals surface area (Å²) >= 11 is 6.18. The maximum atomic E-state index is 13.3. The highest BCUT2D eigenvalue weighted by molar-refractivity contribution is 7.93. The molecule has 2 rings (SSSR count). The van der Waals surface area contributed by atoms with Gasteiger partial charge in [0.05, 0.1) is 30.4 Å². The van der Waals surface area contributed by atoms with E-state index in [1.54, 1.807) is 30.3 Å². The normalized spacial score (nSPS) is 10.9. The Kier molecular flexibility index (Phi) is 9.04. The van der Waals surface area contributed by atoms with Crippen LogP contribution < -0.4 is 14.9 Å². The van der Waals surface area contributed by atoms with Crippen molar-refractivity contribution < 1.29 is 22.7 Å². The Morgan fingerprint density at radius 3 is 2.52 bits per heavy atom. The van der Waals surface area contributed by atoms with Gasteiger partial charge >= 0.3 is 0 Å². The van der Waals surface area contributed by atoms with Crippen LogP contribution in [0.4, 0.5) is 5.69 Å². The van der Waals surface area contributed by atoms with Crippen molar-refractivity contribution in [2.75, 3.05) is 37.7 Å². The summed E-state index contributed by atoms with van der Waals surface area (Å²) in [5.41, 5.74) is 0.486. The summed E-state index contributed by atoms with van der Waals surface area (Å²) in [6, 6.07) is 12.4. The van der Waals surface area contributed by atoms with Crippen molar-refractivity contribution in [1.82, 2.24) is 10.6 Å². The standard InChI is InChI=1S/C21H24ClN3O5S/c1-3-12-25(17-7-5-4-6-8-17)31(28,29)19-14-16(9-10-18(19)22)21(27)24-15-20(26)23-11-13-30-2/h3-10,14H,1,11-13,15H2,2H3,(H,23,26)(H,24,27). The predicted octanol–water partition coefficient (Wildman–Crippen LogP) is 2.21. The highest BCUT2D eigenvalue weighted by Crippen LogP contribution is 2.29. The van der Waals surface area contributed by atoms with Gasteiger partial charge in [0.25, 0.3) is 15.9 Å². The average molecular weight is 466 g/mol. The van der Waals surface area contributed by atoms with E-state index in [9.17, 15) is 18.0 Å². The van der Waals surface area contributed by atoms with Crippen molar-refractivity contribution in [2.24, 2.45) is 0 Å². The topological polar surface area (TPSA) is 105 Å². The van der Waals surface area contributed by atoms with Crippen molar-refractivity contribution in [1.29, 1.82) is 0 Å². The zero-order valence-corrected chi connectivity index (χ0v) is 18.6. The summed E-state index contributed by atoms with van der Waals surface area (Å²) in [7, 11) is -2.58. The quantitative estimate of drug-likeness (QED) is 0.391. The minimum atomic E-state index is -4.09. The zero-order valence-electron chi connectivity index (χ0n) is 17.0. The number of benzene rings is 2. The molecule has 8 nitrogen and oxygen atoms in total. The fraction of sp³-hybridized carbons (Fsp3) is 0.238. The lowest BCUT2D eigenvalue weighted by molar-refractivity contribution is -0.120. The summed E-state index contributed by atoms with van der Waals surface area (Å²) in [5, 5.41) is 4.99. The third-order valence-electron chi connectivity index (χ3n) is 4.14. The van der Waals surface area contributed by atoms with Crippen LogP contribution in [0.2, 0.25) is 5.02 Å². The van der Waals surface area contributed by atoms with Crippen LogP contribution in [0.1, 0.15) is 10.4 Å². The summed E-state index contributed by atoms with van der Waals surface area (Å²) in [6.07, 6.45) is 1.46. The molecular weight excluding hydrogens is 442 g/mol. The molecule has 2 aromatic carbocycles. The summed E-state index contributed by atoms with van der Waals surface area (Å²) in [6.45, 7) is 4.03. The molecule has 0 aliphatic heterocycles. The minimum absolute atomic E-state index is 0.0146. The molecule has 0 atom stereocenters. The lowest BCUT2D eigenvalue weighted by Crippen LogP contribution is -2.38. The van der Waals surface area contributed by atoms with Gasteiger partial charge in [0.1, 0.15) is 4.90 Å². The fourth-order valence-corrected chi connectivity index (χ4v) is 4.57. The van der Waals surface area contributed by atoms with Gasteiger partial charge in [-0.3, -0.25) is 13.9 Å². The van der Waals surface area contributed by atoms with Crippen LogP contribution >= 0.6 is 11.6 Å². The molecule has 2 N–H and O–H groups in total. The lowest BCUT2D eigenvalue weighted by Gasteiger charge is -2.24. The maximum absolute atomic E-state index is 13.3. The Morgan fingerprint density at radius 2 is 1.87 bits per heavy atom. The molecule has 0 aliphatic carbocycles. The van der Waals surface area contributed by atoms with E-state index in [2.05, 4.69) is 17.2 Å². The summed E-state index contributed by atoms with van der Waals surface area (Å²) in [4.78, 5) is 24.0. The van der Waals surface area contributed by atoms with Gasteiger partial charge in [0, 0.05) is 19.2 Å². The van der Waals surface area contributed by atoms with Crippen molar-refractivity contribution in [3.8, 4) is 0 Å². The predicted molar refractivity (Wildman–Crippen MR) is 120 cm³/mol. The number of amides is 2. The van der Waals surface area contributed by atoms with E-state index in [4.69, 9.17) is 16.3 Å². The van der Waals surface area contributed by atoms with Crippen LogP contribution in [0, 0.1) is 0 Å². The average Bonchev–Trinajstić information content (AvgIpc) is 2.76. The number of rotatable bonds is 11. The molecule has 0 saturated heterocycles. The number of nitrogens with one attached hydrogen (secondary N) is 2. The smallest absolute Gasteiger partial charge is 0.266 e. The van der Waals surface area contributed by atoms with Crippen molar-refractivity contribution in [3.05, 3.63) is 71.8 Å². The van der Waals surface area contributed by atoms with Crippen LogP contribution in [-0.2, 0) is 19.6 Å². The second-order valence-corrected chi connectivity index (χ2v) is 8.57. The van der Waals surface area contributed by atoms with Crippen LogP contribution in [0.15, 0.2) is 66.1 Å². The van der Waals surface area contributed by atoms with Crippen molar-refractivity contribution >= 4 is 39.1 Å². The number of sulfonamides is 1. The van der Waals surface area contributed by atoms with Crippen LogP contribution in [0.25, 0.3) is 0 Å². The highest BCUT2D eigenvalue weighted by Gasteiger charge is 2.27. The molecule has 0 fully saturated rings. The van der Waals surface area contributed by atoms with Crippen LogP contribution in [0.5, 0.6) is 0 Å². The number of methoxy groups -OCH3 is 1. The van der Waals surface area contributed by atoms with E-state index >= 15 is 0 Å². The van der Waals surface area contributed by atoms with Crippen molar-refractivity contribution in [2.45, 2.75) is 4.90 Å². The molecule has 166 valence electrons. The minimum Gasteiger partial charge on any atom is -0.383 e. The molecule has 0 radical (unpaired) electrons. The van der Waals surface area contributed by atoms with Gasteiger partial charge in [-0.1, -0.05) is 35.9 Å². The van der Waals surface area contributed by atoms with Gasteiger partial charge in [-0.15, -0.1) is 6.58 Å². The van der Waals surface area contributed by atoms with Crippen LogP contribution in [0.3, 0.4) is 0 Å². The number of carbonyl (C=O) groups is 2. The Hall–Kier alpha value is -2.88. The highest BCUT2D eigenvalue weighted by atomic mass is 35.5. The molecule has 2 amide bonds.